The number of benzene rings is 2. The number of para-hydroxylation sites is 1. The summed E-state index contributed by atoms with van der Waals surface area (Å²) in [6.07, 6.45) is 1.59. The summed E-state index contributed by atoms with van der Waals surface area (Å²) >= 11 is 7.20. The van der Waals surface area contributed by atoms with Gasteiger partial charge in [0.05, 0.1) is 22.6 Å². The summed E-state index contributed by atoms with van der Waals surface area (Å²) < 4.78 is 5.33. The lowest BCUT2D eigenvalue weighted by atomic mass is 10.1. The maximum Gasteiger partial charge on any atom is 0.349 e. The monoisotopic (exact) mass is 411 g/mol. The van der Waals surface area contributed by atoms with Crippen LogP contribution in [-0.2, 0) is 0 Å². The van der Waals surface area contributed by atoms with E-state index in [0.29, 0.717) is 26.9 Å². The summed E-state index contributed by atoms with van der Waals surface area (Å²) in [4.78, 5) is 16.8. The normalized spacial score (nSPS) is 18.3. The van der Waals surface area contributed by atoms with E-state index >= 15 is 0 Å². The molecule has 0 bridgehead atoms. The molecule has 4 rings (SSSR count). The van der Waals surface area contributed by atoms with Gasteiger partial charge >= 0.3 is 5.63 Å². The van der Waals surface area contributed by atoms with E-state index in [1.807, 2.05) is 19.1 Å². The molecule has 1 unspecified atom stereocenters. The SMILES string of the molecule is CC1S/C(=N\N=C\c2ccc(Cl)cc2)N=C1c1c(O)c2ccccc2oc1=O. The van der Waals surface area contributed by atoms with Crippen LogP contribution in [0.4, 0.5) is 0 Å². The van der Waals surface area contributed by atoms with E-state index in [4.69, 9.17) is 16.0 Å². The fourth-order valence-electron chi connectivity index (χ4n) is 2.79. The zero-order valence-corrected chi connectivity index (χ0v) is 16.2. The summed E-state index contributed by atoms with van der Waals surface area (Å²) in [6.45, 7) is 1.88. The first-order valence-corrected chi connectivity index (χ1v) is 9.65. The van der Waals surface area contributed by atoms with Gasteiger partial charge in [0.25, 0.3) is 0 Å². The average molecular weight is 412 g/mol. The molecule has 2 heterocycles. The zero-order valence-electron chi connectivity index (χ0n) is 14.7. The second-order valence-electron chi connectivity index (χ2n) is 6.05. The minimum Gasteiger partial charge on any atom is -0.506 e. The van der Waals surface area contributed by atoms with Crippen LogP contribution in [0.3, 0.4) is 0 Å². The van der Waals surface area contributed by atoms with Crippen LogP contribution in [0.15, 0.2) is 72.9 Å². The molecule has 3 aromatic rings. The molecule has 8 heteroatoms. The quantitative estimate of drug-likeness (QED) is 0.391. The van der Waals surface area contributed by atoms with E-state index in [9.17, 15) is 9.90 Å². The highest BCUT2D eigenvalue weighted by atomic mass is 35.5. The Kier molecular flexibility index (Phi) is 5.02. The first-order valence-electron chi connectivity index (χ1n) is 8.40. The summed E-state index contributed by atoms with van der Waals surface area (Å²) in [5, 5.41) is 20.1. The van der Waals surface area contributed by atoms with Gasteiger partial charge in [-0.2, -0.15) is 5.10 Å². The van der Waals surface area contributed by atoms with Gasteiger partial charge in [-0.15, -0.1) is 5.10 Å². The van der Waals surface area contributed by atoms with Gasteiger partial charge in [-0.05, 0) is 36.8 Å². The Morgan fingerprint density at radius 3 is 2.75 bits per heavy atom. The van der Waals surface area contributed by atoms with Crippen LogP contribution in [-0.4, -0.2) is 27.5 Å². The Bertz CT molecular complexity index is 1200. The Morgan fingerprint density at radius 1 is 1.21 bits per heavy atom. The predicted molar refractivity (Wildman–Crippen MR) is 114 cm³/mol. The van der Waals surface area contributed by atoms with Crippen molar-refractivity contribution < 1.29 is 9.52 Å². The van der Waals surface area contributed by atoms with Crippen LogP contribution in [0.5, 0.6) is 5.75 Å². The van der Waals surface area contributed by atoms with Gasteiger partial charge in [0.2, 0.25) is 5.17 Å². The average Bonchev–Trinajstić information content (AvgIpc) is 3.04. The highest BCUT2D eigenvalue weighted by molar-refractivity contribution is 8.15. The minimum absolute atomic E-state index is 0.0607. The van der Waals surface area contributed by atoms with Gasteiger partial charge in [-0.3, -0.25) is 0 Å². The van der Waals surface area contributed by atoms with Crippen molar-refractivity contribution >= 4 is 51.4 Å². The van der Waals surface area contributed by atoms with Crippen molar-refractivity contribution in [2.45, 2.75) is 12.2 Å². The van der Waals surface area contributed by atoms with Crippen LogP contribution < -0.4 is 5.63 Å². The van der Waals surface area contributed by atoms with Crippen LogP contribution in [0.1, 0.15) is 18.1 Å². The molecule has 2 aromatic carbocycles. The molecule has 0 radical (unpaired) electrons. The first-order chi connectivity index (χ1) is 13.5. The fourth-order valence-corrected chi connectivity index (χ4v) is 3.76. The molecule has 1 aliphatic rings. The maximum absolute atomic E-state index is 12.4. The lowest BCUT2D eigenvalue weighted by molar-refractivity contribution is 0.466. The van der Waals surface area contributed by atoms with E-state index < -0.39 is 5.63 Å². The fraction of sp³-hybridized carbons (Fsp3) is 0.100. The van der Waals surface area contributed by atoms with Crippen molar-refractivity contribution in [3.05, 3.63) is 75.1 Å². The van der Waals surface area contributed by atoms with Gasteiger partial charge in [0, 0.05) is 5.02 Å². The van der Waals surface area contributed by atoms with E-state index in [-0.39, 0.29) is 16.6 Å². The first kappa shape index (κ1) is 18.5. The molecule has 1 aromatic heterocycles. The number of hydrogen-bond donors (Lipinski definition) is 1. The van der Waals surface area contributed by atoms with Crippen molar-refractivity contribution in [3.63, 3.8) is 0 Å². The van der Waals surface area contributed by atoms with Gasteiger partial charge < -0.3 is 9.52 Å². The summed E-state index contributed by atoms with van der Waals surface area (Å²) in [7, 11) is 0. The number of aliphatic imine (C=N–C) groups is 1. The third-order valence-electron chi connectivity index (χ3n) is 4.15. The van der Waals surface area contributed by atoms with Gasteiger partial charge in [0.15, 0.2) is 0 Å². The molecular formula is C20H14ClN3O3S. The summed E-state index contributed by atoms with van der Waals surface area (Å²) in [5.74, 6) is -0.135. The lowest BCUT2D eigenvalue weighted by Crippen LogP contribution is -2.20. The summed E-state index contributed by atoms with van der Waals surface area (Å²) in [5.41, 5.74) is 1.03. The molecule has 1 aliphatic heterocycles. The largest absolute Gasteiger partial charge is 0.506 e. The molecular weight excluding hydrogens is 398 g/mol. The van der Waals surface area contributed by atoms with Gasteiger partial charge in [-0.25, -0.2) is 9.79 Å². The molecule has 1 N–H and O–H groups in total. The van der Waals surface area contributed by atoms with Crippen molar-refractivity contribution in [2.75, 3.05) is 0 Å². The van der Waals surface area contributed by atoms with Crippen molar-refractivity contribution in [1.29, 1.82) is 0 Å². The van der Waals surface area contributed by atoms with E-state index in [2.05, 4.69) is 15.2 Å². The number of hydrogen-bond acceptors (Lipinski definition) is 6. The summed E-state index contributed by atoms with van der Waals surface area (Å²) in [6, 6.07) is 14.0. The Hall–Kier alpha value is -2.90. The molecule has 0 aliphatic carbocycles. The molecule has 1 atom stereocenters. The lowest BCUT2D eigenvalue weighted by Gasteiger charge is -2.08. The number of rotatable bonds is 3. The molecule has 0 saturated carbocycles. The van der Waals surface area contributed by atoms with Crippen molar-refractivity contribution in [3.8, 4) is 5.75 Å². The van der Waals surface area contributed by atoms with Crippen LogP contribution >= 0.6 is 23.4 Å². The molecule has 28 heavy (non-hydrogen) atoms. The molecule has 140 valence electrons. The Morgan fingerprint density at radius 2 is 1.96 bits per heavy atom. The maximum atomic E-state index is 12.4. The van der Waals surface area contributed by atoms with E-state index in [1.165, 1.54) is 11.8 Å². The van der Waals surface area contributed by atoms with Gasteiger partial charge in [0.1, 0.15) is 16.9 Å². The topological polar surface area (TPSA) is 87.5 Å². The second-order valence-corrected chi connectivity index (χ2v) is 7.79. The third-order valence-corrected chi connectivity index (χ3v) is 5.36. The molecule has 6 nitrogen and oxygen atoms in total. The van der Waals surface area contributed by atoms with Crippen LogP contribution in [0, 0.1) is 0 Å². The number of aromatic hydroxyl groups is 1. The van der Waals surface area contributed by atoms with Crippen molar-refractivity contribution in [1.82, 2.24) is 0 Å². The van der Waals surface area contributed by atoms with Gasteiger partial charge in [-0.1, -0.05) is 47.6 Å². The smallest absolute Gasteiger partial charge is 0.349 e. The Balaban J connectivity index is 1.68. The molecule has 0 spiro atoms. The number of fused-ring (bicyclic) bond motifs is 1. The third kappa shape index (κ3) is 3.58. The predicted octanol–water partition coefficient (Wildman–Crippen LogP) is 4.47. The highest BCUT2D eigenvalue weighted by Gasteiger charge is 2.29. The van der Waals surface area contributed by atoms with E-state index in [1.54, 1.807) is 42.6 Å². The second kappa shape index (κ2) is 7.61. The number of nitrogens with zero attached hydrogens (tertiary/aromatic N) is 3. The van der Waals surface area contributed by atoms with E-state index in [0.717, 1.165) is 5.56 Å². The molecule has 0 amide bonds. The Labute approximate surface area is 169 Å². The highest BCUT2D eigenvalue weighted by Crippen LogP contribution is 2.32. The molecule has 0 saturated heterocycles. The van der Waals surface area contributed by atoms with Crippen LogP contribution in [0.25, 0.3) is 11.0 Å². The molecule has 0 fully saturated rings. The number of halogens is 1. The van der Waals surface area contributed by atoms with Crippen molar-refractivity contribution in [2.24, 2.45) is 15.2 Å². The number of amidine groups is 1. The zero-order chi connectivity index (χ0) is 19.7. The standard InChI is InChI=1S/C20H14ClN3O3S/c1-11-17(16-18(25)14-4-2-3-5-15(14)27-19(16)26)23-20(28-11)24-22-10-12-6-8-13(21)9-7-12/h2-11,25H,1H3/b22-10+,24-20-. The van der Waals surface area contributed by atoms with Crippen LogP contribution in [0.2, 0.25) is 5.02 Å². The number of thioether (sulfide) groups is 1. The minimum atomic E-state index is -0.631.